The molecule has 0 spiro atoms. The lowest BCUT2D eigenvalue weighted by atomic mass is 9.84. The molecule has 1 unspecified atom stereocenters. The van der Waals surface area contributed by atoms with Crippen molar-refractivity contribution in [2.24, 2.45) is 0 Å². The van der Waals surface area contributed by atoms with Crippen LogP contribution in [0.15, 0.2) is 42.5 Å². The summed E-state index contributed by atoms with van der Waals surface area (Å²) in [6, 6.07) is 16.6. The molecule has 1 saturated heterocycles. The first-order valence-electron chi connectivity index (χ1n) is 9.97. The molecule has 1 aliphatic carbocycles. The third-order valence-electron chi connectivity index (χ3n) is 5.49. The Hall–Kier alpha value is -2.68. The molecule has 2 N–H and O–H groups in total. The first-order chi connectivity index (χ1) is 13.7. The quantitative estimate of drug-likeness (QED) is 0.861. The van der Waals surface area contributed by atoms with Crippen molar-refractivity contribution >= 4 is 5.91 Å². The van der Waals surface area contributed by atoms with Gasteiger partial charge < -0.3 is 15.4 Å². The molecule has 1 fully saturated rings. The van der Waals surface area contributed by atoms with E-state index >= 15 is 0 Å². The number of ether oxygens (including phenoxy) is 1. The zero-order chi connectivity index (χ0) is 19.3. The van der Waals surface area contributed by atoms with Gasteiger partial charge in [0, 0.05) is 19.6 Å². The summed E-state index contributed by atoms with van der Waals surface area (Å²) in [7, 11) is 0. The zero-order valence-electron chi connectivity index (χ0n) is 15.9. The van der Waals surface area contributed by atoms with Gasteiger partial charge in [0.15, 0.2) is 0 Å². The van der Waals surface area contributed by atoms with E-state index in [1.807, 2.05) is 0 Å². The van der Waals surface area contributed by atoms with E-state index < -0.39 is 12.1 Å². The topological polar surface area (TPSA) is 74.2 Å². The Morgan fingerprint density at radius 3 is 2.93 bits per heavy atom. The second kappa shape index (κ2) is 8.55. The van der Waals surface area contributed by atoms with Crippen molar-refractivity contribution < 1.29 is 9.53 Å². The minimum atomic E-state index is -0.562. The molecule has 2 aromatic rings. The zero-order valence-corrected chi connectivity index (χ0v) is 15.9. The number of rotatable bonds is 4. The lowest BCUT2D eigenvalue weighted by Gasteiger charge is -2.21. The number of carbonyl (C=O) groups is 1. The van der Waals surface area contributed by atoms with Crippen molar-refractivity contribution in [2.75, 3.05) is 19.7 Å². The molecule has 2 atom stereocenters. The summed E-state index contributed by atoms with van der Waals surface area (Å²) < 4.78 is 5.58. The highest BCUT2D eigenvalue weighted by Gasteiger charge is 2.24. The van der Waals surface area contributed by atoms with Crippen molar-refractivity contribution in [1.82, 2.24) is 10.6 Å². The van der Waals surface area contributed by atoms with Gasteiger partial charge in [-0.05, 0) is 53.6 Å². The van der Waals surface area contributed by atoms with Crippen LogP contribution in [0, 0.1) is 11.3 Å². The van der Waals surface area contributed by atoms with Gasteiger partial charge >= 0.3 is 0 Å². The van der Waals surface area contributed by atoms with Crippen molar-refractivity contribution in [3.05, 3.63) is 59.2 Å². The average Bonchev–Trinajstić information content (AvgIpc) is 3.02. The van der Waals surface area contributed by atoms with Gasteiger partial charge in [0.25, 0.3) is 5.91 Å². The number of carbonyl (C=O) groups excluding carboxylic acids is 1. The Morgan fingerprint density at radius 1 is 1.21 bits per heavy atom. The summed E-state index contributed by atoms with van der Waals surface area (Å²) in [6.45, 7) is 1.90. The molecule has 0 aromatic heterocycles. The van der Waals surface area contributed by atoms with Gasteiger partial charge in [-0.1, -0.05) is 42.5 Å². The molecule has 0 radical (unpaired) electrons. The normalized spacial score (nSPS) is 19.5. The molecule has 1 amide bonds. The predicted molar refractivity (Wildman–Crippen MR) is 108 cm³/mol. The van der Waals surface area contributed by atoms with Crippen LogP contribution in [0.25, 0.3) is 11.1 Å². The number of fused-ring (bicyclic) bond motifs is 3. The minimum absolute atomic E-state index is 0.215. The lowest BCUT2D eigenvalue weighted by Crippen LogP contribution is -2.46. The molecule has 28 heavy (non-hydrogen) atoms. The fourth-order valence-corrected chi connectivity index (χ4v) is 4.03. The number of aryl methyl sites for hydroxylation is 2. The van der Waals surface area contributed by atoms with Gasteiger partial charge in [-0.2, -0.15) is 5.26 Å². The van der Waals surface area contributed by atoms with Gasteiger partial charge in [-0.15, -0.1) is 0 Å². The van der Waals surface area contributed by atoms with Gasteiger partial charge in [-0.3, -0.25) is 4.79 Å². The Balaban J connectivity index is 1.45. The number of hydrogen-bond acceptors (Lipinski definition) is 4. The second-order valence-corrected chi connectivity index (χ2v) is 7.46. The third kappa shape index (κ3) is 4.09. The molecule has 1 heterocycles. The van der Waals surface area contributed by atoms with Crippen LogP contribution in [0.4, 0.5) is 0 Å². The Labute approximate surface area is 165 Å². The number of amides is 1. The molecule has 1 aliphatic heterocycles. The number of nitriles is 1. The summed E-state index contributed by atoms with van der Waals surface area (Å²) >= 11 is 0. The largest absolute Gasteiger partial charge is 0.367 e. The molecule has 5 nitrogen and oxygen atoms in total. The monoisotopic (exact) mass is 375 g/mol. The van der Waals surface area contributed by atoms with Gasteiger partial charge in [0.2, 0.25) is 0 Å². The summed E-state index contributed by atoms with van der Waals surface area (Å²) in [5, 5.41) is 15.6. The summed E-state index contributed by atoms with van der Waals surface area (Å²) in [6.07, 6.45) is 2.90. The van der Waals surface area contributed by atoms with E-state index in [-0.39, 0.29) is 5.91 Å². The van der Waals surface area contributed by atoms with E-state index in [1.54, 1.807) is 0 Å². The van der Waals surface area contributed by atoms with Crippen LogP contribution in [-0.4, -0.2) is 37.7 Å². The molecule has 0 bridgehead atoms. The molecular formula is C23H25N3O2. The maximum atomic E-state index is 12.5. The molecular weight excluding hydrogens is 350 g/mol. The van der Waals surface area contributed by atoms with Crippen LogP contribution < -0.4 is 10.6 Å². The number of nitrogens with zero attached hydrogens (tertiary/aromatic N) is 1. The van der Waals surface area contributed by atoms with E-state index in [1.165, 1.54) is 22.3 Å². The van der Waals surface area contributed by atoms with Crippen molar-refractivity contribution in [3.63, 3.8) is 0 Å². The maximum absolute atomic E-state index is 12.5. The van der Waals surface area contributed by atoms with Crippen LogP contribution in [-0.2, 0) is 28.8 Å². The fourth-order valence-electron chi connectivity index (χ4n) is 4.03. The molecule has 2 aromatic carbocycles. The Bertz CT molecular complexity index is 895. The van der Waals surface area contributed by atoms with E-state index in [4.69, 9.17) is 4.74 Å². The van der Waals surface area contributed by atoms with Crippen molar-refractivity contribution in [1.29, 1.82) is 5.26 Å². The summed E-state index contributed by atoms with van der Waals surface area (Å²) in [5.74, 6) is -0.215. The lowest BCUT2D eigenvalue weighted by molar-refractivity contribution is -0.132. The Morgan fingerprint density at radius 2 is 2.04 bits per heavy atom. The SMILES string of the molecule is N#C[C@H](Cc1ccc2c(c1)CCc1ccccc1-2)NC(=O)C1CNCCCO1. The predicted octanol–water partition coefficient (Wildman–Crippen LogP) is 2.38. The fraction of sp³-hybridized carbons (Fsp3) is 0.391. The first-order valence-corrected chi connectivity index (χ1v) is 9.97. The van der Waals surface area contributed by atoms with E-state index in [2.05, 4.69) is 59.2 Å². The molecule has 2 aliphatic rings. The van der Waals surface area contributed by atoms with Crippen LogP contribution in [0.3, 0.4) is 0 Å². The molecule has 0 saturated carbocycles. The third-order valence-corrected chi connectivity index (χ3v) is 5.49. The smallest absolute Gasteiger partial charge is 0.251 e. The van der Waals surface area contributed by atoms with Gasteiger partial charge in [0.05, 0.1) is 6.07 Å². The number of benzene rings is 2. The van der Waals surface area contributed by atoms with E-state index in [0.717, 1.165) is 31.4 Å². The minimum Gasteiger partial charge on any atom is -0.367 e. The van der Waals surface area contributed by atoms with Crippen molar-refractivity contribution in [2.45, 2.75) is 37.8 Å². The average molecular weight is 375 g/mol. The molecule has 4 rings (SSSR count). The van der Waals surface area contributed by atoms with E-state index in [9.17, 15) is 10.1 Å². The van der Waals surface area contributed by atoms with Crippen LogP contribution in [0.2, 0.25) is 0 Å². The van der Waals surface area contributed by atoms with Crippen LogP contribution in [0.5, 0.6) is 0 Å². The van der Waals surface area contributed by atoms with E-state index in [0.29, 0.717) is 19.6 Å². The Kier molecular flexibility index (Phi) is 5.70. The van der Waals surface area contributed by atoms with Gasteiger partial charge in [0.1, 0.15) is 12.1 Å². The second-order valence-electron chi connectivity index (χ2n) is 7.46. The standard InChI is InChI=1S/C23H25N3O2/c24-14-19(26-23(27)22-15-25-10-3-11-28-22)13-16-6-9-21-18(12-16)8-7-17-4-1-2-5-20(17)21/h1-2,4-6,9,12,19,22,25H,3,7-8,10-11,13,15H2,(H,26,27)/t19-,22?/m0/s1. The molecule has 144 valence electrons. The molecule has 5 heteroatoms. The summed E-state index contributed by atoms with van der Waals surface area (Å²) in [5.41, 5.74) is 6.36. The van der Waals surface area contributed by atoms with Gasteiger partial charge in [-0.25, -0.2) is 0 Å². The number of hydrogen-bond donors (Lipinski definition) is 2. The highest BCUT2D eigenvalue weighted by molar-refractivity contribution is 5.81. The summed E-state index contributed by atoms with van der Waals surface area (Å²) in [4.78, 5) is 12.5. The van der Waals surface area contributed by atoms with Crippen molar-refractivity contribution in [3.8, 4) is 17.2 Å². The maximum Gasteiger partial charge on any atom is 0.251 e. The first kappa shape index (κ1) is 18.7. The van der Waals surface area contributed by atoms with Crippen LogP contribution in [0.1, 0.15) is 23.1 Å². The highest BCUT2D eigenvalue weighted by Crippen LogP contribution is 2.33. The number of nitrogens with one attached hydrogen (secondary N) is 2. The van der Waals surface area contributed by atoms with Crippen LogP contribution >= 0.6 is 0 Å². The highest BCUT2D eigenvalue weighted by atomic mass is 16.5.